The lowest BCUT2D eigenvalue weighted by atomic mass is 9.65. The lowest BCUT2D eigenvalue weighted by Gasteiger charge is -2.43. The number of benzene rings is 1. The Bertz CT molecular complexity index is 775. The summed E-state index contributed by atoms with van der Waals surface area (Å²) >= 11 is 0. The molecule has 138 valence electrons. The number of aryl methyl sites for hydroxylation is 1. The molecule has 26 heavy (non-hydrogen) atoms. The van der Waals surface area contributed by atoms with Crippen LogP contribution in [0.1, 0.15) is 49.9 Å². The van der Waals surface area contributed by atoms with E-state index in [4.69, 9.17) is 4.74 Å². The maximum atomic E-state index is 12.2. The highest BCUT2D eigenvalue weighted by atomic mass is 16.5. The van der Waals surface area contributed by atoms with Gasteiger partial charge in [-0.3, -0.25) is 9.48 Å². The molecular formula is C20H25N3O3. The topological polar surface area (TPSA) is 77.2 Å². The normalized spacial score (nSPS) is 28.8. The number of hydrogen-bond donors (Lipinski definition) is 1. The summed E-state index contributed by atoms with van der Waals surface area (Å²) in [7, 11) is 1.85. The van der Waals surface area contributed by atoms with Crippen molar-refractivity contribution in [2.45, 2.75) is 49.5 Å². The van der Waals surface area contributed by atoms with Crippen LogP contribution in [0.5, 0.6) is 0 Å². The van der Waals surface area contributed by atoms with Gasteiger partial charge < -0.3 is 9.84 Å². The molecule has 0 amide bonds. The number of carboxylic acid groups (broad SMARTS) is 1. The lowest BCUT2D eigenvalue weighted by molar-refractivity contribution is -0.151. The molecule has 0 saturated heterocycles. The monoisotopic (exact) mass is 355 g/mol. The third-order valence-electron chi connectivity index (χ3n) is 5.95. The predicted octanol–water partition coefficient (Wildman–Crippen LogP) is 3.03. The number of hydrogen-bond acceptors (Lipinski definition) is 4. The molecule has 0 aliphatic heterocycles. The van der Waals surface area contributed by atoms with Gasteiger partial charge in [-0.2, -0.15) is 5.10 Å². The van der Waals surface area contributed by atoms with Crippen molar-refractivity contribution in [3.8, 4) is 0 Å². The fourth-order valence-electron chi connectivity index (χ4n) is 4.01. The van der Waals surface area contributed by atoms with Crippen molar-refractivity contribution in [3.63, 3.8) is 0 Å². The van der Waals surface area contributed by atoms with Gasteiger partial charge in [-0.1, -0.05) is 30.3 Å². The average Bonchev–Trinajstić information content (AvgIpc) is 3.39. The molecule has 4 rings (SSSR count). The number of rotatable bonds is 6. The largest absolute Gasteiger partial charge is 0.481 e. The summed E-state index contributed by atoms with van der Waals surface area (Å²) in [6.45, 7) is 0.712. The maximum Gasteiger partial charge on any atom is 0.314 e. The smallest absolute Gasteiger partial charge is 0.314 e. The van der Waals surface area contributed by atoms with Crippen LogP contribution in [0.2, 0.25) is 0 Å². The molecule has 2 aromatic rings. The van der Waals surface area contributed by atoms with E-state index in [1.54, 1.807) is 11.0 Å². The van der Waals surface area contributed by atoms with Gasteiger partial charge in [0.1, 0.15) is 11.9 Å². The molecule has 0 spiro atoms. The Balaban J connectivity index is 1.62. The first-order valence-corrected chi connectivity index (χ1v) is 9.33. The van der Waals surface area contributed by atoms with Crippen molar-refractivity contribution in [2.24, 2.45) is 13.0 Å². The zero-order valence-electron chi connectivity index (χ0n) is 15.1. The van der Waals surface area contributed by atoms with Gasteiger partial charge in [0.2, 0.25) is 0 Å². The van der Waals surface area contributed by atoms with Crippen molar-refractivity contribution in [3.05, 3.63) is 48.0 Å². The van der Waals surface area contributed by atoms with E-state index in [1.165, 1.54) is 12.8 Å². The van der Waals surface area contributed by atoms with Gasteiger partial charge >= 0.3 is 5.97 Å². The van der Waals surface area contributed by atoms with Crippen molar-refractivity contribution in [2.75, 3.05) is 6.61 Å². The maximum absolute atomic E-state index is 12.2. The molecule has 2 saturated carbocycles. The molecule has 0 unspecified atom stereocenters. The predicted molar refractivity (Wildman–Crippen MR) is 95.6 cm³/mol. The molecule has 0 atom stereocenters. The van der Waals surface area contributed by atoms with Gasteiger partial charge in [-0.05, 0) is 50.0 Å². The Hall–Kier alpha value is -2.21. The highest BCUT2D eigenvalue weighted by molar-refractivity contribution is 5.81. The zero-order chi connectivity index (χ0) is 18.2. The third-order valence-corrected chi connectivity index (χ3v) is 5.95. The molecule has 1 heterocycles. The van der Waals surface area contributed by atoms with Crippen molar-refractivity contribution in [1.29, 1.82) is 0 Å². The number of carboxylic acids is 1. The van der Waals surface area contributed by atoms with Crippen LogP contribution in [0.3, 0.4) is 0 Å². The SMILES string of the molecule is Cn1cnc([C@]2(OCC3CC3)CC[C@@](C(=O)O)(c3ccccc3)CC2)n1. The Morgan fingerprint density at radius 2 is 1.92 bits per heavy atom. The van der Waals surface area contributed by atoms with E-state index in [-0.39, 0.29) is 0 Å². The number of aromatic nitrogens is 3. The van der Waals surface area contributed by atoms with Crippen molar-refractivity contribution >= 4 is 5.97 Å². The van der Waals surface area contributed by atoms with Crippen LogP contribution in [0.15, 0.2) is 36.7 Å². The van der Waals surface area contributed by atoms with Gasteiger partial charge in [0.15, 0.2) is 5.82 Å². The summed E-state index contributed by atoms with van der Waals surface area (Å²) in [6.07, 6.45) is 6.40. The summed E-state index contributed by atoms with van der Waals surface area (Å²) in [5.74, 6) is 0.567. The Kier molecular flexibility index (Phi) is 4.31. The molecule has 0 radical (unpaired) electrons. The lowest BCUT2D eigenvalue weighted by Crippen LogP contribution is -2.46. The van der Waals surface area contributed by atoms with Crippen LogP contribution >= 0.6 is 0 Å². The van der Waals surface area contributed by atoms with Crippen molar-refractivity contribution in [1.82, 2.24) is 14.8 Å². The summed E-state index contributed by atoms with van der Waals surface area (Å²) in [6, 6.07) is 9.58. The van der Waals surface area contributed by atoms with E-state index >= 15 is 0 Å². The van der Waals surface area contributed by atoms with Gasteiger partial charge in [0.25, 0.3) is 0 Å². The van der Waals surface area contributed by atoms with E-state index < -0.39 is 17.0 Å². The van der Waals surface area contributed by atoms with Gasteiger partial charge in [0.05, 0.1) is 12.0 Å². The van der Waals surface area contributed by atoms with E-state index in [2.05, 4.69) is 10.1 Å². The van der Waals surface area contributed by atoms with E-state index in [0.717, 1.165) is 5.56 Å². The Morgan fingerprint density at radius 3 is 2.46 bits per heavy atom. The molecule has 2 aliphatic rings. The Morgan fingerprint density at radius 1 is 1.23 bits per heavy atom. The minimum Gasteiger partial charge on any atom is -0.481 e. The van der Waals surface area contributed by atoms with Gasteiger partial charge in [0, 0.05) is 7.05 Å². The van der Waals surface area contributed by atoms with Crippen LogP contribution in [0, 0.1) is 5.92 Å². The summed E-state index contributed by atoms with van der Waals surface area (Å²) < 4.78 is 8.06. The third kappa shape index (κ3) is 3.03. The van der Waals surface area contributed by atoms with Crippen molar-refractivity contribution < 1.29 is 14.6 Å². The van der Waals surface area contributed by atoms with Crippen LogP contribution in [0.25, 0.3) is 0 Å². The van der Waals surface area contributed by atoms with Crippen LogP contribution in [0.4, 0.5) is 0 Å². The van der Waals surface area contributed by atoms with E-state index in [9.17, 15) is 9.90 Å². The second kappa shape index (κ2) is 6.50. The standard InChI is InChI=1S/C20H25N3O3/c1-23-14-21-17(22-23)20(26-13-15-7-8-15)11-9-19(10-12-20,18(24)25)16-5-3-2-4-6-16/h2-6,14-15H,7-13H2,1H3,(H,24,25)/t19-,20-. The van der Waals surface area contributed by atoms with E-state index in [0.29, 0.717) is 44.0 Å². The molecule has 1 aromatic carbocycles. The molecule has 6 nitrogen and oxygen atoms in total. The molecule has 2 aliphatic carbocycles. The minimum absolute atomic E-state index is 0.523. The highest BCUT2D eigenvalue weighted by Crippen LogP contribution is 2.49. The molecule has 1 aromatic heterocycles. The number of carbonyl (C=O) groups is 1. The van der Waals surface area contributed by atoms with Gasteiger partial charge in [-0.15, -0.1) is 0 Å². The van der Waals surface area contributed by atoms with Gasteiger partial charge in [-0.25, -0.2) is 4.98 Å². The zero-order valence-corrected chi connectivity index (χ0v) is 15.1. The molecule has 0 bridgehead atoms. The van der Waals surface area contributed by atoms with Crippen LogP contribution in [-0.2, 0) is 27.6 Å². The van der Waals surface area contributed by atoms with E-state index in [1.807, 2.05) is 37.4 Å². The fraction of sp³-hybridized carbons (Fsp3) is 0.550. The highest BCUT2D eigenvalue weighted by Gasteiger charge is 2.51. The molecule has 2 fully saturated rings. The summed E-state index contributed by atoms with van der Waals surface area (Å²) in [4.78, 5) is 16.7. The fourth-order valence-corrected chi connectivity index (χ4v) is 4.01. The average molecular weight is 355 g/mol. The summed E-state index contributed by atoms with van der Waals surface area (Å²) in [5.41, 5.74) is -0.558. The molecule has 6 heteroatoms. The quantitative estimate of drug-likeness (QED) is 0.862. The summed E-state index contributed by atoms with van der Waals surface area (Å²) in [5, 5.41) is 14.5. The number of nitrogens with zero attached hydrogens (tertiary/aromatic N) is 3. The number of aliphatic carboxylic acids is 1. The first kappa shape index (κ1) is 17.2. The molecule has 1 N–H and O–H groups in total. The first-order chi connectivity index (χ1) is 12.5. The minimum atomic E-state index is -0.859. The molecular weight excluding hydrogens is 330 g/mol. The first-order valence-electron chi connectivity index (χ1n) is 9.33. The van der Waals surface area contributed by atoms with Crippen LogP contribution in [-0.4, -0.2) is 32.4 Å². The number of ether oxygens (including phenoxy) is 1. The second-order valence-electron chi connectivity index (χ2n) is 7.74. The van der Waals surface area contributed by atoms with Crippen LogP contribution < -0.4 is 0 Å². The second-order valence-corrected chi connectivity index (χ2v) is 7.74. The Labute approximate surface area is 153 Å².